The van der Waals surface area contributed by atoms with Gasteiger partial charge in [-0.1, -0.05) is 6.08 Å². The first kappa shape index (κ1) is 18.4. The first-order valence-corrected chi connectivity index (χ1v) is 8.99. The van der Waals surface area contributed by atoms with Crippen LogP contribution in [-0.2, 0) is 25.0 Å². The van der Waals surface area contributed by atoms with Crippen molar-refractivity contribution < 1.29 is 18.4 Å². The minimum atomic E-state index is -3.28. The van der Waals surface area contributed by atoms with E-state index in [9.17, 15) is 18.9 Å². The fourth-order valence-electron chi connectivity index (χ4n) is 2.51. The maximum Gasteiger partial charge on any atom is 0.353 e. The Morgan fingerprint density at radius 2 is 2.12 bits per heavy atom. The Kier molecular flexibility index (Phi) is 5.93. The molecule has 9 nitrogen and oxygen atoms in total. The van der Waals surface area contributed by atoms with Gasteiger partial charge in [0.25, 0.3) is 5.56 Å². The van der Waals surface area contributed by atoms with Crippen LogP contribution in [0.15, 0.2) is 33.7 Å². The fraction of sp³-hybridized carbons (Fsp3) is 0.500. The summed E-state index contributed by atoms with van der Waals surface area (Å²) < 4.78 is 22.8. The summed E-state index contributed by atoms with van der Waals surface area (Å²) in [6, 6.07) is 0.943. The lowest BCUT2D eigenvalue weighted by Gasteiger charge is -2.23. The van der Waals surface area contributed by atoms with Crippen LogP contribution < -0.4 is 11.2 Å². The Morgan fingerprint density at radius 1 is 1.42 bits per heavy atom. The van der Waals surface area contributed by atoms with E-state index in [1.807, 2.05) is 0 Å². The molecule has 0 saturated carbocycles. The number of likely N-dealkylation sites (tertiary alicyclic amines) is 1. The van der Waals surface area contributed by atoms with E-state index in [1.54, 1.807) is 11.0 Å². The van der Waals surface area contributed by atoms with Gasteiger partial charge in [0.2, 0.25) is 5.91 Å². The molecule has 132 valence electrons. The van der Waals surface area contributed by atoms with Gasteiger partial charge in [-0.25, -0.2) is 4.79 Å². The Balaban J connectivity index is 2.11. The number of carbonyl (C=O) groups is 1. The summed E-state index contributed by atoms with van der Waals surface area (Å²) in [6.07, 6.45) is 4.43. The number of nitrogens with one attached hydrogen (secondary N) is 1. The van der Waals surface area contributed by atoms with Crippen molar-refractivity contribution in [3.05, 3.63) is 45.0 Å². The molecule has 1 aromatic heterocycles. The number of hydrogen-bond donors (Lipinski definition) is 1. The summed E-state index contributed by atoms with van der Waals surface area (Å²) in [4.78, 5) is 38.8. The van der Waals surface area contributed by atoms with Gasteiger partial charge < -0.3 is 13.9 Å². The van der Waals surface area contributed by atoms with Gasteiger partial charge in [-0.2, -0.15) is 0 Å². The molecule has 2 rings (SSSR count). The Morgan fingerprint density at radius 3 is 2.75 bits per heavy atom. The summed E-state index contributed by atoms with van der Waals surface area (Å²) in [6.45, 7) is 0.363. The lowest BCUT2D eigenvalue weighted by atomic mass is 10.2. The lowest BCUT2D eigenvalue weighted by Crippen LogP contribution is -2.40. The van der Waals surface area contributed by atoms with Gasteiger partial charge >= 0.3 is 13.3 Å². The molecule has 1 aliphatic heterocycles. The zero-order valence-electron chi connectivity index (χ0n) is 13.5. The normalized spacial score (nSPS) is 18.4. The maximum atomic E-state index is 12.4. The summed E-state index contributed by atoms with van der Waals surface area (Å²) >= 11 is 0. The van der Waals surface area contributed by atoms with Gasteiger partial charge in [0.05, 0.1) is 6.04 Å². The van der Waals surface area contributed by atoms with Crippen LogP contribution in [0.2, 0.25) is 0 Å². The highest BCUT2D eigenvalue weighted by atomic mass is 31.2. The molecule has 0 unspecified atom stereocenters. The summed E-state index contributed by atoms with van der Waals surface area (Å²) in [7, 11) is -0.711. The van der Waals surface area contributed by atoms with Gasteiger partial charge in [-0.15, -0.1) is 0 Å². The maximum absolute atomic E-state index is 12.4. The third-order valence-electron chi connectivity index (χ3n) is 3.82. The summed E-state index contributed by atoms with van der Waals surface area (Å²) in [5, 5.41) is 0. The van der Waals surface area contributed by atoms with Crippen LogP contribution >= 0.6 is 7.60 Å². The van der Waals surface area contributed by atoms with E-state index in [0.29, 0.717) is 6.54 Å². The van der Waals surface area contributed by atoms with E-state index < -0.39 is 18.8 Å². The van der Waals surface area contributed by atoms with Crippen LogP contribution in [0.5, 0.6) is 0 Å². The Labute approximate surface area is 138 Å². The van der Waals surface area contributed by atoms with Crippen molar-refractivity contribution in [2.75, 3.05) is 20.8 Å². The van der Waals surface area contributed by atoms with Crippen molar-refractivity contribution in [1.29, 1.82) is 0 Å². The highest BCUT2D eigenvalue weighted by molar-refractivity contribution is 7.57. The second-order valence-corrected chi connectivity index (χ2v) is 7.39. The minimum absolute atomic E-state index is 0.174. The zero-order valence-corrected chi connectivity index (χ0v) is 14.4. The van der Waals surface area contributed by atoms with Crippen molar-refractivity contribution in [2.45, 2.75) is 25.4 Å². The number of carbonyl (C=O) groups excluding carboxylic acids is 1. The van der Waals surface area contributed by atoms with E-state index in [-0.39, 0.29) is 18.5 Å². The summed E-state index contributed by atoms with van der Waals surface area (Å²) in [5.74, 6) is 1.08. The Bertz CT molecular complexity index is 775. The highest BCUT2D eigenvalue weighted by Gasteiger charge is 2.28. The SMILES string of the molecule is COP(=O)(/C=C/[C@@H]1CCCN1C(=O)Cn1ccc(=O)[nH]c1=O)OC. The van der Waals surface area contributed by atoms with Gasteiger partial charge in [-0.05, 0) is 12.8 Å². The fourth-order valence-corrected chi connectivity index (χ4v) is 3.31. The minimum Gasteiger partial charge on any atom is -0.335 e. The van der Waals surface area contributed by atoms with E-state index >= 15 is 0 Å². The van der Waals surface area contributed by atoms with Gasteiger partial charge in [0.15, 0.2) is 0 Å². The molecule has 10 heteroatoms. The molecule has 0 spiro atoms. The average molecular weight is 357 g/mol. The van der Waals surface area contributed by atoms with Crippen molar-refractivity contribution in [3.8, 4) is 0 Å². The number of H-pyrrole nitrogens is 1. The molecule has 1 atom stereocenters. The predicted molar refractivity (Wildman–Crippen MR) is 86.8 cm³/mol. The van der Waals surface area contributed by atoms with Crippen molar-refractivity contribution in [2.24, 2.45) is 0 Å². The first-order valence-electron chi connectivity index (χ1n) is 7.38. The molecule has 2 heterocycles. The summed E-state index contributed by atoms with van der Waals surface area (Å²) in [5.41, 5.74) is -1.15. The molecular weight excluding hydrogens is 337 g/mol. The molecule has 1 amide bonds. The lowest BCUT2D eigenvalue weighted by molar-refractivity contribution is -0.132. The van der Waals surface area contributed by atoms with E-state index in [4.69, 9.17) is 9.05 Å². The molecule has 1 aliphatic rings. The molecule has 0 aliphatic carbocycles. The van der Waals surface area contributed by atoms with Crippen LogP contribution in [0.3, 0.4) is 0 Å². The second kappa shape index (κ2) is 7.74. The average Bonchev–Trinajstić information content (AvgIpc) is 3.04. The number of hydrogen-bond acceptors (Lipinski definition) is 6. The number of nitrogens with zero attached hydrogens (tertiary/aromatic N) is 2. The van der Waals surface area contributed by atoms with Crippen molar-refractivity contribution >= 4 is 13.5 Å². The van der Waals surface area contributed by atoms with Gasteiger partial charge in [0.1, 0.15) is 6.54 Å². The highest BCUT2D eigenvalue weighted by Crippen LogP contribution is 2.48. The Hall–Kier alpha value is -1.96. The number of aromatic nitrogens is 2. The number of aromatic amines is 1. The molecule has 1 N–H and O–H groups in total. The van der Waals surface area contributed by atoms with Gasteiger partial charge in [-0.3, -0.25) is 23.7 Å². The molecule has 1 fully saturated rings. The van der Waals surface area contributed by atoms with Gasteiger partial charge in [0, 0.05) is 38.8 Å². The van der Waals surface area contributed by atoms with E-state index in [2.05, 4.69) is 4.98 Å². The topological polar surface area (TPSA) is 111 Å². The monoisotopic (exact) mass is 357 g/mol. The quantitative estimate of drug-likeness (QED) is 0.744. The standard InChI is InChI=1S/C14H20N3O6P/c1-22-24(21,23-2)9-6-11-4-3-7-17(11)13(19)10-16-8-5-12(18)15-14(16)20/h5-6,8-9,11H,3-4,7,10H2,1-2H3,(H,15,18,20)/b9-6+/t11-/m0/s1. The van der Waals surface area contributed by atoms with E-state index in [0.717, 1.165) is 17.4 Å². The predicted octanol–water partition coefficient (Wildman–Crippen LogP) is 0.527. The first-order chi connectivity index (χ1) is 11.4. The van der Waals surface area contributed by atoms with Crippen LogP contribution in [0, 0.1) is 0 Å². The zero-order chi connectivity index (χ0) is 17.7. The molecule has 0 bridgehead atoms. The third-order valence-corrected chi connectivity index (χ3v) is 5.38. The molecule has 24 heavy (non-hydrogen) atoms. The number of amides is 1. The molecule has 1 aromatic rings. The smallest absolute Gasteiger partial charge is 0.335 e. The third kappa shape index (κ3) is 4.31. The van der Waals surface area contributed by atoms with Crippen LogP contribution in [0.1, 0.15) is 12.8 Å². The van der Waals surface area contributed by atoms with Crippen molar-refractivity contribution in [1.82, 2.24) is 14.5 Å². The largest absolute Gasteiger partial charge is 0.353 e. The molecule has 0 radical (unpaired) electrons. The van der Waals surface area contributed by atoms with Crippen LogP contribution in [0.25, 0.3) is 0 Å². The molecule has 1 saturated heterocycles. The molecular formula is C14H20N3O6P. The molecule has 0 aromatic carbocycles. The second-order valence-electron chi connectivity index (χ2n) is 5.28. The van der Waals surface area contributed by atoms with Crippen molar-refractivity contribution in [3.63, 3.8) is 0 Å². The number of rotatable bonds is 6. The van der Waals surface area contributed by atoms with E-state index in [1.165, 1.54) is 32.3 Å². The van der Waals surface area contributed by atoms with Crippen LogP contribution in [0.4, 0.5) is 0 Å². The van der Waals surface area contributed by atoms with Crippen LogP contribution in [-0.4, -0.2) is 47.2 Å².